The highest BCUT2D eigenvalue weighted by Crippen LogP contribution is 2.26. The highest BCUT2D eigenvalue weighted by atomic mass is 32.2. The molecule has 152 valence electrons. The van der Waals surface area contributed by atoms with E-state index in [9.17, 15) is 13.6 Å². The van der Waals surface area contributed by atoms with Crippen LogP contribution in [0.2, 0.25) is 0 Å². The molecule has 1 heterocycles. The molecule has 3 aromatic carbocycles. The Kier molecular flexibility index (Phi) is 5.89. The Morgan fingerprint density at radius 1 is 1.03 bits per heavy atom. The van der Waals surface area contributed by atoms with E-state index < -0.39 is 6.61 Å². The fraction of sp³-hybridized carbons (Fsp3) is 0.0952. The topological polar surface area (TPSA) is 77.2 Å². The number of thioether (sulfide) groups is 1. The number of nitrogens with one attached hydrogen (secondary N) is 1. The van der Waals surface area contributed by atoms with E-state index in [4.69, 9.17) is 4.42 Å². The van der Waals surface area contributed by atoms with Crippen molar-refractivity contribution in [2.75, 3.05) is 11.1 Å². The van der Waals surface area contributed by atoms with Crippen molar-refractivity contribution in [3.8, 4) is 17.2 Å². The summed E-state index contributed by atoms with van der Waals surface area (Å²) in [6.45, 7) is -2.89. The number of carbonyl (C=O) groups is 1. The monoisotopic (exact) mass is 427 g/mol. The van der Waals surface area contributed by atoms with Gasteiger partial charge in [-0.05, 0) is 47.2 Å². The lowest BCUT2D eigenvalue weighted by Gasteiger charge is -2.06. The zero-order chi connectivity index (χ0) is 20.9. The first-order chi connectivity index (χ1) is 14.6. The predicted molar refractivity (Wildman–Crippen MR) is 110 cm³/mol. The smallest absolute Gasteiger partial charge is 0.387 e. The number of ether oxygens (including phenoxy) is 1. The van der Waals surface area contributed by atoms with Gasteiger partial charge >= 0.3 is 6.61 Å². The number of halogens is 2. The molecule has 9 heteroatoms. The van der Waals surface area contributed by atoms with E-state index in [1.165, 1.54) is 24.3 Å². The maximum atomic E-state index is 12.2. The van der Waals surface area contributed by atoms with E-state index in [1.54, 1.807) is 0 Å². The molecule has 30 heavy (non-hydrogen) atoms. The summed E-state index contributed by atoms with van der Waals surface area (Å²) in [5.74, 6) is 0.143. The number of aromatic nitrogens is 2. The summed E-state index contributed by atoms with van der Waals surface area (Å²) < 4.78 is 34.2. The fourth-order valence-electron chi connectivity index (χ4n) is 2.75. The van der Waals surface area contributed by atoms with Crippen molar-refractivity contribution in [3.63, 3.8) is 0 Å². The molecule has 0 saturated carbocycles. The lowest BCUT2D eigenvalue weighted by Crippen LogP contribution is -2.14. The van der Waals surface area contributed by atoms with Gasteiger partial charge < -0.3 is 14.5 Å². The van der Waals surface area contributed by atoms with E-state index in [1.807, 2.05) is 42.5 Å². The summed E-state index contributed by atoms with van der Waals surface area (Å²) >= 11 is 1.10. The van der Waals surface area contributed by atoms with Gasteiger partial charge in [0.2, 0.25) is 11.8 Å². The first kappa shape index (κ1) is 19.8. The Morgan fingerprint density at radius 2 is 1.80 bits per heavy atom. The van der Waals surface area contributed by atoms with Crippen LogP contribution in [0.1, 0.15) is 0 Å². The van der Waals surface area contributed by atoms with Crippen LogP contribution in [-0.4, -0.2) is 28.5 Å². The van der Waals surface area contributed by atoms with Crippen LogP contribution in [0.15, 0.2) is 76.4 Å². The molecule has 0 aliphatic rings. The molecule has 0 bridgehead atoms. The van der Waals surface area contributed by atoms with Gasteiger partial charge in [-0.15, -0.1) is 10.2 Å². The molecular formula is C21H15F2N3O3S. The van der Waals surface area contributed by atoms with Crippen molar-refractivity contribution >= 4 is 34.1 Å². The minimum Gasteiger partial charge on any atom is -0.435 e. The molecule has 4 aromatic rings. The average Bonchev–Trinajstić information content (AvgIpc) is 3.22. The number of carbonyl (C=O) groups excluding carboxylic acids is 1. The van der Waals surface area contributed by atoms with Crippen molar-refractivity contribution < 1.29 is 22.7 Å². The van der Waals surface area contributed by atoms with Crippen LogP contribution in [-0.2, 0) is 4.79 Å². The van der Waals surface area contributed by atoms with Gasteiger partial charge in [0.1, 0.15) is 5.75 Å². The Bertz CT molecular complexity index is 1170. The third-order valence-electron chi connectivity index (χ3n) is 4.09. The number of benzene rings is 3. The number of fused-ring (bicyclic) bond motifs is 1. The second-order valence-electron chi connectivity index (χ2n) is 6.17. The fourth-order valence-corrected chi connectivity index (χ4v) is 3.31. The van der Waals surface area contributed by atoms with Gasteiger partial charge in [-0.25, -0.2) is 0 Å². The van der Waals surface area contributed by atoms with Crippen molar-refractivity contribution in [1.82, 2.24) is 10.2 Å². The minimum atomic E-state index is -2.89. The molecular weight excluding hydrogens is 412 g/mol. The third kappa shape index (κ3) is 4.93. The molecule has 4 rings (SSSR count). The van der Waals surface area contributed by atoms with E-state index in [0.29, 0.717) is 11.6 Å². The van der Waals surface area contributed by atoms with Crippen LogP contribution >= 0.6 is 11.8 Å². The molecule has 0 aliphatic heterocycles. The summed E-state index contributed by atoms with van der Waals surface area (Å²) in [7, 11) is 0. The van der Waals surface area contributed by atoms with Crippen LogP contribution in [0.3, 0.4) is 0 Å². The van der Waals surface area contributed by atoms with Gasteiger partial charge in [0.25, 0.3) is 5.22 Å². The van der Waals surface area contributed by atoms with Gasteiger partial charge in [0, 0.05) is 11.3 Å². The molecule has 0 aliphatic carbocycles. The van der Waals surface area contributed by atoms with E-state index in [-0.39, 0.29) is 22.6 Å². The van der Waals surface area contributed by atoms with Crippen LogP contribution in [0.25, 0.3) is 22.2 Å². The van der Waals surface area contributed by atoms with E-state index >= 15 is 0 Å². The van der Waals surface area contributed by atoms with Crippen molar-refractivity contribution in [3.05, 3.63) is 66.7 Å². The van der Waals surface area contributed by atoms with Crippen LogP contribution in [0, 0.1) is 0 Å². The number of rotatable bonds is 7. The normalized spacial score (nSPS) is 11.0. The number of hydrogen-bond acceptors (Lipinski definition) is 6. The summed E-state index contributed by atoms with van der Waals surface area (Å²) in [5, 5.41) is 13.1. The lowest BCUT2D eigenvalue weighted by molar-refractivity contribution is -0.113. The van der Waals surface area contributed by atoms with Gasteiger partial charge in [-0.2, -0.15) is 8.78 Å². The molecule has 0 unspecified atom stereocenters. The third-order valence-corrected chi connectivity index (χ3v) is 4.91. The van der Waals surface area contributed by atoms with Crippen LogP contribution in [0.4, 0.5) is 14.5 Å². The van der Waals surface area contributed by atoms with Crippen molar-refractivity contribution in [2.24, 2.45) is 0 Å². The first-order valence-corrected chi connectivity index (χ1v) is 9.85. The maximum absolute atomic E-state index is 12.2. The van der Waals surface area contributed by atoms with Gasteiger partial charge in [0.15, 0.2) is 0 Å². The van der Waals surface area contributed by atoms with E-state index in [0.717, 1.165) is 28.1 Å². The molecule has 0 saturated heterocycles. The van der Waals surface area contributed by atoms with Crippen LogP contribution in [0.5, 0.6) is 5.75 Å². The number of hydrogen-bond donors (Lipinski definition) is 1. The Labute approximate surface area is 174 Å². The SMILES string of the molecule is O=C(CSc1nnc(-c2ccc3ccccc3c2)o1)Nc1ccc(OC(F)F)cc1. The summed E-state index contributed by atoms with van der Waals surface area (Å²) in [6, 6.07) is 19.4. The Morgan fingerprint density at radius 3 is 2.57 bits per heavy atom. The molecule has 0 spiro atoms. The number of nitrogens with zero attached hydrogens (tertiary/aromatic N) is 2. The molecule has 1 amide bonds. The average molecular weight is 427 g/mol. The number of anilines is 1. The second-order valence-corrected chi connectivity index (χ2v) is 7.10. The molecule has 1 N–H and O–H groups in total. The number of amides is 1. The standard InChI is InChI=1S/C21H15F2N3O3S/c22-20(23)28-17-9-7-16(8-10-17)24-18(27)12-30-21-26-25-19(29-21)15-6-5-13-3-1-2-4-14(13)11-15/h1-11,20H,12H2,(H,24,27). The summed E-state index contributed by atoms with van der Waals surface area (Å²) in [6.07, 6.45) is 0. The molecule has 0 atom stereocenters. The molecule has 6 nitrogen and oxygen atoms in total. The van der Waals surface area contributed by atoms with Crippen molar-refractivity contribution in [1.29, 1.82) is 0 Å². The second kappa shape index (κ2) is 8.91. The molecule has 0 fully saturated rings. The van der Waals surface area contributed by atoms with Gasteiger partial charge in [-0.3, -0.25) is 4.79 Å². The van der Waals surface area contributed by atoms with Gasteiger partial charge in [0.05, 0.1) is 5.75 Å². The minimum absolute atomic E-state index is 0.0180. The lowest BCUT2D eigenvalue weighted by atomic mass is 10.1. The summed E-state index contributed by atoms with van der Waals surface area (Å²) in [5.41, 5.74) is 1.26. The maximum Gasteiger partial charge on any atom is 0.387 e. The van der Waals surface area contributed by atoms with E-state index in [2.05, 4.69) is 20.3 Å². The zero-order valence-corrected chi connectivity index (χ0v) is 16.2. The predicted octanol–water partition coefficient (Wildman–Crippen LogP) is 5.22. The number of alkyl halides is 2. The molecule has 0 radical (unpaired) electrons. The highest BCUT2D eigenvalue weighted by Gasteiger charge is 2.12. The van der Waals surface area contributed by atoms with Crippen LogP contribution < -0.4 is 10.1 Å². The molecule has 1 aromatic heterocycles. The van der Waals surface area contributed by atoms with Crippen molar-refractivity contribution in [2.45, 2.75) is 11.8 Å². The Balaban J connectivity index is 1.34. The van der Waals surface area contributed by atoms with Gasteiger partial charge in [-0.1, -0.05) is 42.1 Å². The summed E-state index contributed by atoms with van der Waals surface area (Å²) in [4.78, 5) is 12.1. The zero-order valence-electron chi connectivity index (χ0n) is 15.4. The highest BCUT2D eigenvalue weighted by molar-refractivity contribution is 7.99. The first-order valence-electron chi connectivity index (χ1n) is 8.87. The quantitative estimate of drug-likeness (QED) is 0.408. The Hall–Kier alpha value is -3.46. The largest absolute Gasteiger partial charge is 0.435 e.